The molecule has 0 fully saturated rings. The molecule has 0 aliphatic carbocycles. The number of amides is 1. The Morgan fingerprint density at radius 2 is 1.83 bits per heavy atom. The number of carbonyl (C=O) groups excluding carboxylic acids is 2. The first-order valence-electron chi connectivity index (χ1n) is 8.23. The fraction of sp³-hybridized carbons (Fsp3) is 0.368. The van der Waals surface area contributed by atoms with E-state index < -0.39 is 0 Å². The number of rotatable bonds is 7. The molecule has 0 saturated heterocycles. The second-order valence-corrected chi connectivity index (χ2v) is 6.87. The number of aryl methyl sites for hydroxylation is 2. The molecule has 0 bridgehead atoms. The first kappa shape index (κ1) is 18.2. The van der Waals surface area contributed by atoms with Gasteiger partial charge in [-0.05, 0) is 55.7 Å². The number of hydrogen-bond acceptors (Lipinski definition) is 4. The summed E-state index contributed by atoms with van der Waals surface area (Å²) >= 11 is 1.51. The highest BCUT2D eigenvalue weighted by Gasteiger charge is 2.13. The number of ether oxygens (including phenoxy) is 1. The third kappa shape index (κ3) is 4.68. The van der Waals surface area contributed by atoms with Crippen molar-refractivity contribution in [2.45, 2.75) is 40.0 Å². The van der Waals surface area contributed by atoms with Gasteiger partial charge in [-0.3, -0.25) is 4.79 Å². The summed E-state index contributed by atoms with van der Waals surface area (Å²) in [5.41, 5.74) is 2.38. The lowest BCUT2D eigenvalue weighted by molar-refractivity contribution is 0.0505. The summed E-state index contributed by atoms with van der Waals surface area (Å²) in [4.78, 5) is 26.0. The molecule has 24 heavy (non-hydrogen) atoms. The molecule has 1 amide bonds. The van der Waals surface area contributed by atoms with Gasteiger partial charge in [-0.15, -0.1) is 11.3 Å². The molecule has 2 rings (SSSR count). The summed E-state index contributed by atoms with van der Waals surface area (Å²) in [6.45, 7) is 6.53. The lowest BCUT2D eigenvalue weighted by atomic mass is 10.1. The maximum atomic E-state index is 12.4. The first-order valence-corrected chi connectivity index (χ1v) is 9.04. The maximum absolute atomic E-state index is 12.4. The molecule has 1 heterocycles. The van der Waals surface area contributed by atoms with E-state index in [0.29, 0.717) is 22.7 Å². The number of thiophene rings is 1. The van der Waals surface area contributed by atoms with Gasteiger partial charge >= 0.3 is 5.97 Å². The molecule has 0 unspecified atom stereocenters. The average molecular weight is 345 g/mol. The molecule has 0 aliphatic rings. The van der Waals surface area contributed by atoms with Crippen LogP contribution in [0, 0.1) is 6.92 Å². The minimum Gasteiger partial charge on any atom is -0.462 e. The summed E-state index contributed by atoms with van der Waals surface area (Å²) in [5.74, 6) is -0.459. The molecule has 0 aliphatic heterocycles. The monoisotopic (exact) mass is 345 g/mol. The van der Waals surface area contributed by atoms with Crippen molar-refractivity contribution in [3.05, 3.63) is 51.2 Å². The highest BCUT2D eigenvalue weighted by Crippen LogP contribution is 2.24. The summed E-state index contributed by atoms with van der Waals surface area (Å²) < 4.78 is 5.08. The molecular weight excluding hydrogens is 322 g/mol. The van der Waals surface area contributed by atoms with Crippen LogP contribution in [0.15, 0.2) is 30.3 Å². The van der Waals surface area contributed by atoms with E-state index in [1.54, 1.807) is 24.3 Å². The SMILES string of the molecule is CCCOC(=O)c1ccc(NC(=O)c2cc(CCC)c(C)s2)cc1. The molecule has 0 radical (unpaired) electrons. The van der Waals surface area contributed by atoms with Gasteiger partial charge in [-0.2, -0.15) is 0 Å². The van der Waals surface area contributed by atoms with Crippen LogP contribution in [0.2, 0.25) is 0 Å². The predicted octanol–water partition coefficient (Wildman–Crippen LogP) is 4.83. The van der Waals surface area contributed by atoms with Crippen molar-refractivity contribution in [1.82, 2.24) is 0 Å². The predicted molar refractivity (Wildman–Crippen MR) is 98.0 cm³/mol. The molecule has 1 aromatic carbocycles. The number of esters is 1. The van der Waals surface area contributed by atoms with Crippen LogP contribution in [-0.4, -0.2) is 18.5 Å². The lowest BCUT2D eigenvalue weighted by Crippen LogP contribution is -2.11. The first-order chi connectivity index (χ1) is 11.5. The maximum Gasteiger partial charge on any atom is 0.338 e. The van der Waals surface area contributed by atoms with E-state index in [1.165, 1.54) is 21.8 Å². The van der Waals surface area contributed by atoms with E-state index in [4.69, 9.17) is 4.74 Å². The van der Waals surface area contributed by atoms with Crippen molar-refractivity contribution in [2.24, 2.45) is 0 Å². The van der Waals surface area contributed by atoms with Crippen LogP contribution in [0.5, 0.6) is 0 Å². The number of carbonyl (C=O) groups is 2. The molecular formula is C19H23NO3S. The van der Waals surface area contributed by atoms with Gasteiger partial charge in [0.05, 0.1) is 17.0 Å². The summed E-state index contributed by atoms with van der Waals surface area (Å²) in [6, 6.07) is 8.72. The normalized spacial score (nSPS) is 10.5. The molecule has 0 spiro atoms. The van der Waals surface area contributed by atoms with Gasteiger partial charge in [-0.25, -0.2) is 4.79 Å². The molecule has 0 saturated carbocycles. The van der Waals surface area contributed by atoms with Crippen molar-refractivity contribution in [1.29, 1.82) is 0 Å². The largest absolute Gasteiger partial charge is 0.462 e. The van der Waals surface area contributed by atoms with Crippen molar-refractivity contribution >= 4 is 28.9 Å². The van der Waals surface area contributed by atoms with Crippen LogP contribution >= 0.6 is 11.3 Å². The second kappa shape index (κ2) is 8.64. The number of benzene rings is 1. The zero-order valence-electron chi connectivity index (χ0n) is 14.3. The molecule has 128 valence electrons. The Labute approximate surface area is 146 Å². The van der Waals surface area contributed by atoms with Gasteiger partial charge in [0.1, 0.15) is 0 Å². The fourth-order valence-corrected chi connectivity index (χ4v) is 3.28. The highest BCUT2D eigenvalue weighted by atomic mass is 32.1. The van der Waals surface area contributed by atoms with E-state index in [-0.39, 0.29) is 11.9 Å². The smallest absolute Gasteiger partial charge is 0.338 e. The van der Waals surface area contributed by atoms with Crippen molar-refractivity contribution in [3.63, 3.8) is 0 Å². The Kier molecular flexibility index (Phi) is 6.55. The summed E-state index contributed by atoms with van der Waals surface area (Å²) in [7, 11) is 0. The third-order valence-electron chi connectivity index (χ3n) is 3.58. The topological polar surface area (TPSA) is 55.4 Å². The molecule has 2 aromatic rings. The van der Waals surface area contributed by atoms with E-state index in [9.17, 15) is 9.59 Å². The Morgan fingerprint density at radius 1 is 1.12 bits per heavy atom. The highest BCUT2D eigenvalue weighted by molar-refractivity contribution is 7.14. The zero-order valence-corrected chi connectivity index (χ0v) is 15.2. The standard InChI is InChI=1S/C19H23NO3S/c1-4-6-15-12-17(24-13(15)3)18(21)20-16-9-7-14(8-10-16)19(22)23-11-5-2/h7-10,12H,4-6,11H2,1-3H3,(H,20,21). The Hall–Kier alpha value is -2.14. The van der Waals surface area contributed by atoms with Crippen LogP contribution < -0.4 is 5.32 Å². The van der Waals surface area contributed by atoms with Crippen LogP contribution in [0.4, 0.5) is 5.69 Å². The Morgan fingerprint density at radius 3 is 2.46 bits per heavy atom. The Balaban J connectivity index is 2.01. The van der Waals surface area contributed by atoms with Crippen LogP contribution in [0.1, 0.15) is 57.2 Å². The number of anilines is 1. The number of hydrogen-bond donors (Lipinski definition) is 1. The van der Waals surface area contributed by atoms with Crippen LogP contribution in [0.3, 0.4) is 0 Å². The van der Waals surface area contributed by atoms with Gasteiger partial charge in [0.25, 0.3) is 5.91 Å². The minimum atomic E-state index is -0.340. The van der Waals surface area contributed by atoms with Crippen LogP contribution in [-0.2, 0) is 11.2 Å². The minimum absolute atomic E-state index is 0.119. The van der Waals surface area contributed by atoms with E-state index >= 15 is 0 Å². The quantitative estimate of drug-likeness (QED) is 0.731. The molecule has 4 nitrogen and oxygen atoms in total. The number of nitrogens with one attached hydrogen (secondary N) is 1. The third-order valence-corrected chi connectivity index (χ3v) is 4.67. The molecule has 1 N–H and O–H groups in total. The summed E-state index contributed by atoms with van der Waals surface area (Å²) in [6.07, 6.45) is 2.85. The Bertz CT molecular complexity index is 704. The van der Waals surface area contributed by atoms with Gasteiger partial charge in [-0.1, -0.05) is 20.3 Å². The fourth-order valence-electron chi connectivity index (χ4n) is 2.31. The van der Waals surface area contributed by atoms with Crippen molar-refractivity contribution in [2.75, 3.05) is 11.9 Å². The lowest BCUT2D eigenvalue weighted by Gasteiger charge is -2.06. The van der Waals surface area contributed by atoms with Crippen molar-refractivity contribution in [3.8, 4) is 0 Å². The molecule has 1 aromatic heterocycles. The molecule has 5 heteroatoms. The van der Waals surface area contributed by atoms with E-state index in [1.807, 2.05) is 19.9 Å². The second-order valence-electron chi connectivity index (χ2n) is 5.61. The summed E-state index contributed by atoms with van der Waals surface area (Å²) in [5, 5.41) is 2.87. The van der Waals surface area contributed by atoms with Gasteiger partial charge in [0.2, 0.25) is 0 Å². The average Bonchev–Trinajstić information content (AvgIpc) is 2.95. The van der Waals surface area contributed by atoms with Gasteiger partial charge in [0, 0.05) is 10.6 Å². The van der Waals surface area contributed by atoms with E-state index in [0.717, 1.165) is 19.3 Å². The zero-order chi connectivity index (χ0) is 17.5. The molecule has 0 atom stereocenters. The van der Waals surface area contributed by atoms with Gasteiger partial charge in [0.15, 0.2) is 0 Å². The van der Waals surface area contributed by atoms with E-state index in [2.05, 4.69) is 12.2 Å². The van der Waals surface area contributed by atoms with Crippen LogP contribution in [0.25, 0.3) is 0 Å². The van der Waals surface area contributed by atoms with Crippen molar-refractivity contribution < 1.29 is 14.3 Å². The van der Waals surface area contributed by atoms with Gasteiger partial charge < -0.3 is 10.1 Å².